The molecule has 1 N–H and O–H groups in total. The van der Waals surface area contributed by atoms with Gasteiger partial charge >= 0.3 is 0 Å². The fourth-order valence-electron chi connectivity index (χ4n) is 4.38. The van der Waals surface area contributed by atoms with Gasteiger partial charge in [-0.15, -0.1) is 0 Å². The van der Waals surface area contributed by atoms with Crippen LogP contribution in [0.15, 0.2) is 30.3 Å². The van der Waals surface area contributed by atoms with E-state index in [0.29, 0.717) is 6.42 Å². The summed E-state index contributed by atoms with van der Waals surface area (Å²) in [5, 5.41) is 2.92. The summed E-state index contributed by atoms with van der Waals surface area (Å²) in [4.78, 5) is 29.6. The molecular formula is C21H31N3O2. The first-order valence-electron chi connectivity index (χ1n) is 9.90. The summed E-state index contributed by atoms with van der Waals surface area (Å²) >= 11 is 0. The molecule has 1 aromatic carbocycles. The second-order valence-corrected chi connectivity index (χ2v) is 7.69. The van der Waals surface area contributed by atoms with Crippen molar-refractivity contribution >= 4 is 11.8 Å². The monoisotopic (exact) mass is 357 g/mol. The van der Waals surface area contributed by atoms with E-state index in [1.54, 1.807) is 0 Å². The number of hydrogen-bond donors (Lipinski definition) is 1. The number of nitrogens with one attached hydrogen (secondary N) is 1. The number of benzene rings is 1. The molecule has 2 fully saturated rings. The Morgan fingerprint density at radius 2 is 1.77 bits per heavy atom. The fourth-order valence-corrected chi connectivity index (χ4v) is 4.38. The van der Waals surface area contributed by atoms with Gasteiger partial charge in [0.15, 0.2) is 0 Å². The van der Waals surface area contributed by atoms with Crippen LogP contribution in [0.2, 0.25) is 0 Å². The minimum absolute atomic E-state index is 0.0197. The van der Waals surface area contributed by atoms with E-state index in [-0.39, 0.29) is 17.4 Å². The molecule has 0 aromatic heterocycles. The summed E-state index contributed by atoms with van der Waals surface area (Å²) in [5.41, 5.74) is 1.12. The summed E-state index contributed by atoms with van der Waals surface area (Å²) in [6.45, 7) is 4.52. The molecule has 0 radical (unpaired) electrons. The van der Waals surface area contributed by atoms with Crippen molar-refractivity contribution in [1.82, 2.24) is 15.1 Å². The molecule has 1 aromatic rings. The van der Waals surface area contributed by atoms with Crippen molar-refractivity contribution < 1.29 is 9.59 Å². The molecule has 0 saturated carbocycles. The number of carbonyl (C=O) groups is 2. The smallest absolute Gasteiger partial charge is 0.249 e. The molecule has 1 spiro atoms. The summed E-state index contributed by atoms with van der Waals surface area (Å²) in [6.07, 6.45) is 6.24. The Kier molecular flexibility index (Phi) is 5.97. The second kappa shape index (κ2) is 8.21. The average molecular weight is 357 g/mol. The Bertz CT molecular complexity index is 623. The Balaban J connectivity index is 1.71. The quantitative estimate of drug-likeness (QED) is 0.901. The Hall–Kier alpha value is -1.88. The third-order valence-corrected chi connectivity index (χ3v) is 6.21. The van der Waals surface area contributed by atoms with Crippen LogP contribution >= 0.6 is 0 Å². The first-order valence-corrected chi connectivity index (χ1v) is 9.90. The van der Waals surface area contributed by atoms with Crippen LogP contribution in [0.5, 0.6) is 0 Å². The van der Waals surface area contributed by atoms with Crippen molar-refractivity contribution in [2.24, 2.45) is 0 Å². The zero-order valence-corrected chi connectivity index (χ0v) is 16.0. The predicted molar refractivity (Wildman–Crippen MR) is 103 cm³/mol. The number of hydrogen-bond acceptors (Lipinski definition) is 3. The maximum atomic E-state index is 13.2. The minimum Gasteiger partial charge on any atom is -0.341 e. The van der Waals surface area contributed by atoms with Crippen LogP contribution in [0, 0.1) is 0 Å². The normalized spacial score (nSPS) is 21.4. The van der Waals surface area contributed by atoms with Crippen LogP contribution in [-0.4, -0.2) is 53.8 Å². The van der Waals surface area contributed by atoms with Gasteiger partial charge < -0.3 is 15.1 Å². The van der Waals surface area contributed by atoms with Crippen molar-refractivity contribution in [2.75, 3.05) is 26.7 Å². The van der Waals surface area contributed by atoms with Gasteiger partial charge in [0, 0.05) is 25.0 Å². The van der Waals surface area contributed by atoms with Crippen LogP contribution in [0.4, 0.5) is 0 Å². The summed E-state index contributed by atoms with van der Waals surface area (Å²) in [6, 6.07) is 9.00. The van der Waals surface area contributed by atoms with Gasteiger partial charge in [0.1, 0.15) is 6.04 Å². The van der Waals surface area contributed by atoms with E-state index in [9.17, 15) is 9.59 Å². The largest absolute Gasteiger partial charge is 0.341 e. The van der Waals surface area contributed by atoms with E-state index >= 15 is 0 Å². The zero-order valence-electron chi connectivity index (χ0n) is 16.0. The summed E-state index contributed by atoms with van der Waals surface area (Å²) in [5.74, 6) is -0.0704. The molecule has 5 nitrogen and oxygen atoms in total. The van der Waals surface area contributed by atoms with Crippen molar-refractivity contribution in [3.05, 3.63) is 35.9 Å². The lowest BCUT2D eigenvalue weighted by molar-refractivity contribution is -0.139. The lowest BCUT2D eigenvalue weighted by Crippen LogP contribution is -2.57. The van der Waals surface area contributed by atoms with E-state index in [1.807, 2.05) is 42.2 Å². The third kappa shape index (κ3) is 3.93. The van der Waals surface area contributed by atoms with E-state index in [1.165, 1.54) is 19.3 Å². The molecule has 142 valence electrons. The number of likely N-dealkylation sites (tertiary alicyclic amines) is 2. The lowest BCUT2D eigenvalue weighted by atomic mass is 9.79. The SMILES string of the molecule is CCC(=O)NC(C(=O)N1CCC2(CCCCN2C)CC1)c1ccccc1. The van der Waals surface area contributed by atoms with Gasteiger partial charge in [-0.2, -0.15) is 0 Å². The van der Waals surface area contributed by atoms with Crippen molar-refractivity contribution in [2.45, 2.75) is 57.0 Å². The Morgan fingerprint density at radius 1 is 1.08 bits per heavy atom. The van der Waals surface area contributed by atoms with Crippen LogP contribution in [0.25, 0.3) is 0 Å². The molecule has 2 heterocycles. The van der Waals surface area contributed by atoms with Gasteiger partial charge in [-0.3, -0.25) is 9.59 Å². The molecule has 2 aliphatic heterocycles. The average Bonchev–Trinajstić information content (AvgIpc) is 2.69. The predicted octanol–water partition coefficient (Wildman–Crippen LogP) is 2.73. The van der Waals surface area contributed by atoms with Crippen LogP contribution in [0.3, 0.4) is 0 Å². The molecule has 2 saturated heterocycles. The van der Waals surface area contributed by atoms with Gasteiger partial charge in [-0.25, -0.2) is 0 Å². The molecule has 0 aliphatic carbocycles. The van der Waals surface area contributed by atoms with Gasteiger partial charge in [0.25, 0.3) is 0 Å². The van der Waals surface area contributed by atoms with Crippen molar-refractivity contribution in [1.29, 1.82) is 0 Å². The fraction of sp³-hybridized carbons (Fsp3) is 0.619. The molecule has 0 bridgehead atoms. The standard InChI is InChI=1S/C21H31N3O2/c1-3-18(25)22-19(17-9-5-4-6-10-17)20(26)24-15-12-21(13-16-24)11-7-8-14-23(21)2/h4-6,9-10,19H,3,7-8,11-16H2,1-2H3,(H,22,25). The van der Waals surface area contributed by atoms with Crippen molar-refractivity contribution in [3.63, 3.8) is 0 Å². The van der Waals surface area contributed by atoms with Gasteiger partial charge in [-0.1, -0.05) is 43.7 Å². The molecule has 1 atom stereocenters. The number of rotatable bonds is 4. The first-order chi connectivity index (χ1) is 12.6. The lowest BCUT2D eigenvalue weighted by Gasteiger charge is -2.50. The molecule has 3 rings (SSSR count). The summed E-state index contributed by atoms with van der Waals surface area (Å²) in [7, 11) is 2.23. The molecule has 2 aliphatic rings. The molecule has 1 unspecified atom stereocenters. The van der Waals surface area contributed by atoms with Gasteiger partial charge in [-0.05, 0) is 44.8 Å². The topological polar surface area (TPSA) is 52.7 Å². The van der Waals surface area contributed by atoms with E-state index in [2.05, 4.69) is 17.3 Å². The van der Waals surface area contributed by atoms with Gasteiger partial charge in [0.2, 0.25) is 11.8 Å². The highest BCUT2D eigenvalue weighted by Gasteiger charge is 2.41. The summed E-state index contributed by atoms with van der Waals surface area (Å²) < 4.78 is 0. The number of amides is 2. The first kappa shape index (κ1) is 18.9. The molecule has 26 heavy (non-hydrogen) atoms. The molecular weight excluding hydrogens is 326 g/mol. The number of piperidine rings is 2. The number of carbonyl (C=O) groups excluding carboxylic acids is 2. The van der Waals surface area contributed by atoms with E-state index in [4.69, 9.17) is 0 Å². The number of nitrogens with zero attached hydrogens (tertiary/aromatic N) is 2. The Labute approximate surface area is 156 Å². The van der Waals surface area contributed by atoms with Crippen LogP contribution in [-0.2, 0) is 9.59 Å². The molecule has 5 heteroatoms. The highest BCUT2D eigenvalue weighted by Crippen LogP contribution is 2.36. The van der Waals surface area contributed by atoms with Gasteiger partial charge in [0.05, 0.1) is 0 Å². The highest BCUT2D eigenvalue weighted by atomic mass is 16.2. The highest BCUT2D eigenvalue weighted by molar-refractivity contribution is 5.88. The van der Waals surface area contributed by atoms with Crippen molar-refractivity contribution in [3.8, 4) is 0 Å². The second-order valence-electron chi connectivity index (χ2n) is 7.69. The van der Waals surface area contributed by atoms with E-state index < -0.39 is 6.04 Å². The van der Waals surface area contributed by atoms with E-state index in [0.717, 1.165) is 38.0 Å². The van der Waals surface area contributed by atoms with Crippen LogP contribution < -0.4 is 5.32 Å². The maximum absolute atomic E-state index is 13.2. The molecule has 2 amide bonds. The van der Waals surface area contributed by atoms with Crippen LogP contribution in [0.1, 0.15) is 57.1 Å². The zero-order chi connectivity index (χ0) is 18.6. The maximum Gasteiger partial charge on any atom is 0.249 e. The third-order valence-electron chi connectivity index (χ3n) is 6.21. The Morgan fingerprint density at radius 3 is 2.38 bits per heavy atom. The minimum atomic E-state index is -0.582.